The van der Waals surface area contributed by atoms with Crippen LogP contribution < -0.4 is 0 Å². The molecule has 1 aliphatic rings. The number of methoxy groups -OCH3 is 1. The Kier molecular flexibility index (Phi) is 8.58. The molecule has 0 saturated heterocycles. The summed E-state index contributed by atoms with van der Waals surface area (Å²) in [6, 6.07) is 0. The molecule has 1 N–H and O–H groups in total. The first-order valence-electron chi connectivity index (χ1n) is 6.53. The molecular formula is C15H24O4. The normalized spacial score (nSPS) is 14.8. The van der Waals surface area contributed by atoms with Gasteiger partial charge in [-0.15, -0.1) is 0 Å². The van der Waals surface area contributed by atoms with Crippen LogP contribution >= 0.6 is 0 Å². The van der Waals surface area contributed by atoms with Crippen LogP contribution in [0.25, 0.3) is 0 Å². The predicted octanol–water partition coefficient (Wildman–Crippen LogP) is 3.33. The number of hydrogen-bond acceptors (Lipinski definition) is 3. The zero-order chi connectivity index (χ0) is 14.8. The lowest BCUT2D eigenvalue weighted by Gasteiger charge is -2.21. The van der Waals surface area contributed by atoms with Gasteiger partial charge in [-0.1, -0.05) is 45.3 Å². The summed E-state index contributed by atoms with van der Waals surface area (Å²) >= 11 is 0. The van der Waals surface area contributed by atoms with Crippen LogP contribution in [0.15, 0.2) is 24.3 Å². The summed E-state index contributed by atoms with van der Waals surface area (Å²) in [6.07, 6.45) is 6.90. The molecule has 1 aliphatic carbocycles. The molecule has 4 heteroatoms. The van der Waals surface area contributed by atoms with Crippen molar-refractivity contribution >= 4 is 11.9 Å². The number of ether oxygens (including phenoxy) is 1. The van der Waals surface area contributed by atoms with Crippen LogP contribution in [0.2, 0.25) is 0 Å². The minimum absolute atomic E-state index is 0.347. The zero-order valence-electron chi connectivity index (χ0n) is 11.9. The molecule has 1 fully saturated rings. The molecular weight excluding hydrogens is 244 g/mol. The van der Waals surface area contributed by atoms with Crippen molar-refractivity contribution in [3.05, 3.63) is 24.3 Å². The van der Waals surface area contributed by atoms with Gasteiger partial charge in [0.05, 0.1) is 7.11 Å². The minimum Gasteiger partial charge on any atom is -0.478 e. The van der Waals surface area contributed by atoms with Crippen LogP contribution in [-0.4, -0.2) is 24.2 Å². The fourth-order valence-electron chi connectivity index (χ4n) is 2.00. The SMILES string of the molecule is C=C(C)C(=O)OC.C=C(CC1CCCCC1)C(=O)O. The summed E-state index contributed by atoms with van der Waals surface area (Å²) in [5.74, 6) is -0.595. The highest BCUT2D eigenvalue weighted by Crippen LogP contribution is 2.28. The fourth-order valence-corrected chi connectivity index (χ4v) is 2.00. The monoisotopic (exact) mass is 268 g/mol. The molecule has 0 aromatic rings. The Labute approximate surface area is 115 Å². The maximum atomic E-state index is 10.5. The Morgan fingerprint density at radius 1 is 1.21 bits per heavy atom. The topological polar surface area (TPSA) is 63.6 Å². The summed E-state index contributed by atoms with van der Waals surface area (Å²) in [7, 11) is 1.33. The van der Waals surface area contributed by atoms with Gasteiger partial charge in [0.15, 0.2) is 0 Å². The van der Waals surface area contributed by atoms with Gasteiger partial charge in [0.1, 0.15) is 0 Å². The summed E-state index contributed by atoms with van der Waals surface area (Å²) in [5.41, 5.74) is 0.810. The van der Waals surface area contributed by atoms with Gasteiger partial charge in [-0.2, -0.15) is 0 Å². The van der Waals surface area contributed by atoms with Gasteiger partial charge in [0.25, 0.3) is 0 Å². The van der Waals surface area contributed by atoms with Crippen molar-refractivity contribution in [1.82, 2.24) is 0 Å². The number of hydrogen-bond donors (Lipinski definition) is 1. The lowest BCUT2D eigenvalue weighted by Crippen LogP contribution is -2.10. The summed E-state index contributed by atoms with van der Waals surface area (Å²) in [4.78, 5) is 20.7. The van der Waals surface area contributed by atoms with Gasteiger partial charge in [0.2, 0.25) is 0 Å². The van der Waals surface area contributed by atoms with E-state index in [2.05, 4.69) is 17.9 Å². The minimum atomic E-state index is -0.833. The van der Waals surface area contributed by atoms with E-state index >= 15 is 0 Å². The summed E-state index contributed by atoms with van der Waals surface area (Å²) in [6.45, 7) is 8.50. The smallest absolute Gasteiger partial charge is 0.332 e. The van der Waals surface area contributed by atoms with Crippen LogP contribution in [-0.2, 0) is 14.3 Å². The van der Waals surface area contributed by atoms with Crippen LogP contribution in [0.5, 0.6) is 0 Å². The number of carboxylic acids is 1. The standard InChI is InChI=1S/C10H16O2.C5H8O2/c1-8(10(11)12)7-9-5-3-2-4-6-9;1-4(2)5(6)7-3/h9H,1-7H2,(H,11,12);1H2,2-3H3. The zero-order valence-corrected chi connectivity index (χ0v) is 11.9. The molecule has 0 amide bonds. The van der Waals surface area contributed by atoms with Gasteiger partial charge < -0.3 is 9.84 Å². The van der Waals surface area contributed by atoms with E-state index in [1.54, 1.807) is 6.92 Å². The molecule has 0 atom stereocenters. The first-order chi connectivity index (χ1) is 8.88. The predicted molar refractivity (Wildman–Crippen MR) is 74.8 cm³/mol. The third-order valence-electron chi connectivity index (χ3n) is 3.10. The molecule has 1 saturated carbocycles. The maximum Gasteiger partial charge on any atom is 0.332 e. The number of carbonyl (C=O) groups excluding carboxylic acids is 1. The van der Waals surface area contributed by atoms with Crippen LogP contribution in [0, 0.1) is 5.92 Å². The van der Waals surface area contributed by atoms with Crippen molar-refractivity contribution < 1.29 is 19.4 Å². The first kappa shape index (κ1) is 17.4. The van der Waals surface area contributed by atoms with Gasteiger partial charge in [-0.3, -0.25) is 0 Å². The van der Waals surface area contributed by atoms with Gasteiger partial charge in [0, 0.05) is 11.1 Å². The van der Waals surface area contributed by atoms with Crippen LogP contribution in [0.4, 0.5) is 0 Å². The molecule has 0 heterocycles. The average Bonchev–Trinajstić information content (AvgIpc) is 2.39. The van der Waals surface area contributed by atoms with E-state index in [-0.39, 0.29) is 5.97 Å². The van der Waals surface area contributed by atoms with Crippen LogP contribution in [0.3, 0.4) is 0 Å². The van der Waals surface area contributed by atoms with Crippen molar-refractivity contribution in [2.24, 2.45) is 5.92 Å². The molecule has 0 aromatic heterocycles. The van der Waals surface area contributed by atoms with Crippen molar-refractivity contribution in [3.63, 3.8) is 0 Å². The maximum absolute atomic E-state index is 10.5. The summed E-state index contributed by atoms with van der Waals surface area (Å²) < 4.78 is 4.27. The second kappa shape index (κ2) is 9.36. The van der Waals surface area contributed by atoms with Gasteiger partial charge >= 0.3 is 11.9 Å². The second-order valence-electron chi connectivity index (χ2n) is 4.89. The Hall–Kier alpha value is -1.58. The van der Waals surface area contributed by atoms with Crippen molar-refractivity contribution in [2.75, 3.05) is 7.11 Å². The van der Waals surface area contributed by atoms with Crippen molar-refractivity contribution in [2.45, 2.75) is 45.4 Å². The highest BCUT2D eigenvalue weighted by atomic mass is 16.5. The van der Waals surface area contributed by atoms with E-state index in [1.807, 2.05) is 0 Å². The lowest BCUT2D eigenvalue weighted by atomic mass is 9.85. The molecule has 0 aromatic carbocycles. The molecule has 0 aliphatic heterocycles. The average molecular weight is 268 g/mol. The molecule has 0 unspecified atom stereocenters. The quantitative estimate of drug-likeness (QED) is 0.627. The Morgan fingerprint density at radius 2 is 1.74 bits per heavy atom. The van der Waals surface area contributed by atoms with E-state index in [0.717, 1.165) is 0 Å². The molecule has 4 nitrogen and oxygen atoms in total. The Balaban J connectivity index is 0.000000399. The third-order valence-corrected chi connectivity index (χ3v) is 3.10. The number of esters is 1. The summed E-state index contributed by atoms with van der Waals surface area (Å²) in [5, 5.41) is 8.61. The molecule has 0 bridgehead atoms. The molecule has 0 spiro atoms. The first-order valence-corrected chi connectivity index (χ1v) is 6.53. The van der Waals surface area contributed by atoms with E-state index in [1.165, 1.54) is 39.2 Å². The molecule has 0 radical (unpaired) electrons. The lowest BCUT2D eigenvalue weighted by molar-refractivity contribution is -0.136. The van der Waals surface area contributed by atoms with E-state index < -0.39 is 5.97 Å². The number of rotatable bonds is 4. The molecule has 108 valence electrons. The number of carboxylic acid groups (broad SMARTS) is 1. The second-order valence-corrected chi connectivity index (χ2v) is 4.89. The fraction of sp³-hybridized carbons (Fsp3) is 0.600. The largest absolute Gasteiger partial charge is 0.478 e. The Morgan fingerprint density at radius 3 is 2.05 bits per heavy atom. The molecule has 1 rings (SSSR count). The van der Waals surface area contributed by atoms with Gasteiger partial charge in [-0.25, -0.2) is 9.59 Å². The molecule has 19 heavy (non-hydrogen) atoms. The van der Waals surface area contributed by atoms with Gasteiger partial charge in [-0.05, 0) is 19.3 Å². The van der Waals surface area contributed by atoms with E-state index in [4.69, 9.17) is 5.11 Å². The van der Waals surface area contributed by atoms with E-state index in [0.29, 0.717) is 23.5 Å². The van der Waals surface area contributed by atoms with Crippen molar-refractivity contribution in [3.8, 4) is 0 Å². The Bertz CT molecular complexity index is 338. The highest BCUT2D eigenvalue weighted by molar-refractivity contribution is 5.86. The highest BCUT2D eigenvalue weighted by Gasteiger charge is 2.16. The van der Waals surface area contributed by atoms with E-state index in [9.17, 15) is 9.59 Å². The third kappa shape index (κ3) is 8.19. The number of aliphatic carboxylic acids is 1. The van der Waals surface area contributed by atoms with Crippen molar-refractivity contribution in [1.29, 1.82) is 0 Å². The van der Waals surface area contributed by atoms with Crippen LogP contribution in [0.1, 0.15) is 45.4 Å². The number of carbonyl (C=O) groups is 2.